The van der Waals surface area contributed by atoms with Crippen LogP contribution in [0.4, 0.5) is 0 Å². The summed E-state index contributed by atoms with van der Waals surface area (Å²) in [4.78, 5) is 4.05. The summed E-state index contributed by atoms with van der Waals surface area (Å²) in [6.07, 6.45) is 12.5. The molecule has 0 spiro atoms. The number of hydrogen-bond donors (Lipinski definition) is 0. The Morgan fingerprint density at radius 2 is 2.14 bits per heavy atom. The maximum absolute atomic E-state index is 4.05. The highest BCUT2D eigenvalue weighted by molar-refractivity contribution is 5.51. The molecule has 0 radical (unpaired) electrons. The zero-order valence-corrected chi connectivity index (χ0v) is 8.77. The molecule has 0 N–H and O–H groups in total. The van der Waals surface area contributed by atoms with E-state index >= 15 is 0 Å². The Bertz CT molecular complexity index is 356. The SMILES string of the molecule is CC(C)C1=CC=C(n2ccnc2)CC1. The van der Waals surface area contributed by atoms with Crippen LogP contribution in [0.1, 0.15) is 26.7 Å². The van der Waals surface area contributed by atoms with E-state index in [1.54, 1.807) is 5.57 Å². The molecule has 14 heavy (non-hydrogen) atoms. The van der Waals surface area contributed by atoms with Gasteiger partial charge in [-0.25, -0.2) is 4.98 Å². The van der Waals surface area contributed by atoms with E-state index in [1.165, 1.54) is 12.1 Å². The summed E-state index contributed by atoms with van der Waals surface area (Å²) in [5.74, 6) is 0.676. The number of imidazole rings is 1. The second-order valence-electron chi connectivity index (χ2n) is 4.02. The van der Waals surface area contributed by atoms with Crippen molar-refractivity contribution in [1.29, 1.82) is 0 Å². The number of allylic oxidation sites excluding steroid dienone is 4. The van der Waals surface area contributed by atoms with Crippen LogP contribution in [0.3, 0.4) is 0 Å². The molecule has 2 heteroatoms. The van der Waals surface area contributed by atoms with Gasteiger partial charge >= 0.3 is 0 Å². The summed E-state index contributed by atoms with van der Waals surface area (Å²) >= 11 is 0. The molecule has 0 unspecified atom stereocenters. The second kappa shape index (κ2) is 3.82. The van der Waals surface area contributed by atoms with E-state index in [1.807, 2.05) is 18.7 Å². The number of hydrogen-bond acceptors (Lipinski definition) is 1. The minimum atomic E-state index is 0.676. The normalized spacial score (nSPS) is 16.8. The van der Waals surface area contributed by atoms with Gasteiger partial charge in [-0.05, 0) is 24.8 Å². The van der Waals surface area contributed by atoms with Crippen molar-refractivity contribution in [3.8, 4) is 0 Å². The Morgan fingerprint density at radius 3 is 2.64 bits per heavy atom. The third-order valence-electron chi connectivity index (χ3n) is 2.74. The summed E-state index contributed by atoms with van der Waals surface area (Å²) in [6.45, 7) is 4.50. The fourth-order valence-corrected chi connectivity index (χ4v) is 1.77. The highest BCUT2D eigenvalue weighted by Gasteiger charge is 2.09. The van der Waals surface area contributed by atoms with Crippen LogP contribution >= 0.6 is 0 Å². The lowest BCUT2D eigenvalue weighted by atomic mass is 9.93. The highest BCUT2D eigenvalue weighted by atomic mass is 15.0. The van der Waals surface area contributed by atoms with Gasteiger partial charge < -0.3 is 4.57 Å². The van der Waals surface area contributed by atoms with E-state index < -0.39 is 0 Å². The molecule has 0 aromatic carbocycles. The Morgan fingerprint density at radius 1 is 1.29 bits per heavy atom. The van der Waals surface area contributed by atoms with Gasteiger partial charge in [0.15, 0.2) is 0 Å². The van der Waals surface area contributed by atoms with E-state index in [9.17, 15) is 0 Å². The van der Waals surface area contributed by atoms with E-state index in [0.717, 1.165) is 6.42 Å². The van der Waals surface area contributed by atoms with Gasteiger partial charge in [-0.1, -0.05) is 25.5 Å². The predicted octanol–water partition coefficient (Wildman–Crippen LogP) is 3.10. The van der Waals surface area contributed by atoms with Crippen molar-refractivity contribution < 1.29 is 0 Å². The third-order valence-corrected chi connectivity index (χ3v) is 2.74. The fraction of sp³-hybridized carbons (Fsp3) is 0.417. The molecule has 2 nitrogen and oxygen atoms in total. The van der Waals surface area contributed by atoms with Crippen molar-refractivity contribution in [3.63, 3.8) is 0 Å². The lowest BCUT2D eigenvalue weighted by molar-refractivity contribution is 0.706. The largest absolute Gasteiger partial charge is 0.310 e. The first-order chi connectivity index (χ1) is 6.77. The minimum Gasteiger partial charge on any atom is -0.310 e. The Hall–Kier alpha value is -1.31. The highest BCUT2D eigenvalue weighted by Crippen LogP contribution is 2.25. The van der Waals surface area contributed by atoms with Crippen LogP contribution in [0.2, 0.25) is 0 Å². The smallest absolute Gasteiger partial charge is 0.0989 e. The summed E-state index contributed by atoms with van der Waals surface area (Å²) in [7, 11) is 0. The van der Waals surface area contributed by atoms with Crippen LogP contribution in [0.15, 0.2) is 36.4 Å². The monoisotopic (exact) mass is 188 g/mol. The molecule has 0 aliphatic heterocycles. The van der Waals surface area contributed by atoms with Crippen molar-refractivity contribution in [2.45, 2.75) is 26.7 Å². The van der Waals surface area contributed by atoms with Crippen LogP contribution in [-0.4, -0.2) is 9.55 Å². The molecule has 1 aromatic heterocycles. The summed E-state index contributed by atoms with van der Waals surface area (Å²) in [6, 6.07) is 0. The molecule has 1 aliphatic carbocycles. The molecular formula is C12H16N2. The quantitative estimate of drug-likeness (QED) is 0.697. The average molecular weight is 188 g/mol. The van der Waals surface area contributed by atoms with Gasteiger partial charge in [0.2, 0.25) is 0 Å². The Balaban J connectivity index is 2.19. The van der Waals surface area contributed by atoms with Gasteiger partial charge in [-0.15, -0.1) is 0 Å². The van der Waals surface area contributed by atoms with Gasteiger partial charge in [0.25, 0.3) is 0 Å². The van der Waals surface area contributed by atoms with Crippen LogP contribution in [0.25, 0.3) is 5.70 Å². The van der Waals surface area contributed by atoms with Gasteiger partial charge in [-0.3, -0.25) is 0 Å². The first kappa shape index (κ1) is 9.25. The molecule has 0 bridgehead atoms. The summed E-state index contributed by atoms with van der Waals surface area (Å²) in [5, 5.41) is 0. The molecule has 0 fully saturated rings. The molecule has 1 aromatic rings. The van der Waals surface area contributed by atoms with Crippen molar-refractivity contribution in [3.05, 3.63) is 36.4 Å². The lowest BCUT2D eigenvalue weighted by Gasteiger charge is -2.17. The first-order valence-corrected chi connectivity index (χ1v) is 5.15. The number of rotatable bonds is 2. The molecule has 0 atom stereocenters. The third kappa shape index (κ3) is 1.79. The zero-order chi connectivity index (χ0) is 9.97. The van der Waals surface area contributed by atoms with E-state index in [4.69, 9.17) is 0 Å². The molecule has 74 valence electrons. The number of nitrogens with zero attached hydrogens (tertiary/aromatic N) is 2. The van der Waals surface area contributed by atoms with Crippen LogP contribution in [0, 0.1) is 5.92 Å². The molecule has 1 heterocycles. The van der Waals surface area contributed by atoms with Crippen molar-refractivity contribution in [2.75, 3.05) is 0 Å². The van der Waals surface area contributed by atoms with E-state index in [2.05, 4.69) is 35.6 Å². The van der Waals surface area contributed by atoms with Gasteiger partial charge in [0, 0.05) is 18.1 Å². The van der Waals surface area contributed by atoms with Gasteiger partial charge in [0.1, 0.15) is 0 Å². The Kier molecular flexibility index (Phi) is 2.53. The van der Waals surface area contributed by atoms with Crippen LogP contribution < -0.4 is 0 Å². The van der Waals surface area contributed by atoms with Crippen molar-refractivity contribution >= 4 is 5.70 Å². The summed E-state index contributed by atoms with van der Waals surface area (Å²) < 4.78 is 2.09. The van der Waals surface area contributed by atoms with Crippen LogP contribution in [0.5, 0.6) is 0 Å². The second-order valence-corrected chi connectivity index (χ2v) is 4.02. The van der Waals surface area contributed by atoms with Crippen LogP contribution in [-0.2, 0) is 0 Å². The molecular weight excluding hydrogens is 172 g/mol. The molecule has 0 amide bonds. The molecule has 2 rings (SSSR count). The van der Waals surface area contributed by atoms with E-state index in [0.29, 0.717) is 5.92 Å². The average Bonchev–Trinajstić information content (AvgIpc) is 2.71. The maximum atomic E-state index is 4.05. The minimum absolute atomic E-state index is 0.676. The standard InChI is InChI=1S/C12H16N2/c1-10(2)11-3-5-12(6-4-11)14-8-7-13-9-14/h3,5,7-10H,4,6H2,1-2H3. The van der Waals surface area contributed by atoms with Crippen molar-refractivity contribution in [1.82, 2.24) is 9.55 Å². The maximum Gasteiger partial charge on any atom is 0.0989 e. The number of aromatic nitrogens is 2. The van der Waals surface area contributed by atoms with Crippen molar-refractivity contribution in [2.24, 2.45) is 5.92 Å². The fourth-order valence-electron chi connectivity index (χ4n) is 1.77. The van der Waals surface area contributed by atoms with E-state index in [-0.39, 0.29) is 0 Å². The van der Waals surface area contributed by atoms with Gasteiger partial charge in [-0.2, -0.15) is 0 Å². The predicted molar refractivity (Wildman–Crippen MR) is 58.7 cm³/mol. The topological polar surface area (TPSA) is 17.8 Å². The van der Waals surface area contributed by atoms with Gasteiger partial charge in [0.05, 0.1) is 6.33 Å². The molecule has 0 saturated heterocycles. The Labute approximate surface area is 85.0 Å². The zero-order valence-electron chi connectivity index (χ0n) is 8.77. The molecule has 1 aliphatic rings. The first-order valence-electron chi connectivity index (χ1n) is 5.15. The molecule has 0 saturated carbocycles. The lowest BCUT2D eigenvalue weighted by Crippen LogP contribution is -2.02. The summed E-state index contributed by atoms with van der Waals surface area (Å²) in [5.41, 5.74) is 2.89.